The molecule has 3 nitrogen and oxygen atoms in total. The van der Waals surface area contributed by atoms with Gasteiger partial charge in [-0.3, -0.25) is 4.90 Å². The monoisotopic (exact) mass is 249 g/mol. The van der Waals surface area contributed by atoms with Crippen molar-refractivity contribution >= 4 is 5.97 Å². The number of benzene rings is 1. The van der Waals surface area contributed by atoms with E-state index >= 15 is 0 Å². The second-order valence-corrected chi connectivity index (χ2v) is 5.40. The molecule has 0 heterocycles. The maximum absolute atomic E-state index is 11.8. The van der Waals surface area contributed by atoms with Crippen molar-refractivity contribution in [3.05, 3.63) is 34.9 Å². The SMILES string of the molecule is Cc1ccc(C)c(C(C)(C(=O)O)N(C)C(C)C)c1. The zero-order valence-corrected chi connectivity index (χ0v) is 12.1. The Balaban J connectivity index is 3.45. The molecule has 0 aliphatic carbocycles. The molecule has 3 heteroatoms. The molecule has 1 N–H and O–H groups in total. The molecule has 0 radical (unpaired) electrons. The normalized spacial score (nSPS) is 14.9. The van der Waals surface area contributed by atoms with Crippen LogP contribution in [0, 0.1) is 13.8 Å². The van der Waals surface area contributed by atoms with Gasteiger partial charge in [0.05, 0.1) is 0 Å². The van der Waals surface area contributed by atoms with Gasteiger partial charge in [-0.15, -0.1) is 0 Å². The molecule has 1 aromatic carbocycles. The Kier molecular flexibility index (Phi) is 4.17. The number of likely N-dealkylation sites (N-methyl/N-ethyl adjacent to an activating group) is 1. The quantitative estimate of drug-likeness (QED) is 0.892. The third-order valence-corrected chi connectivity index (χ3v) is 3.81. The molecule has 0 spiro atoms. The van der Waals surface area contributed by atoms with Crippen molar-refractivity contribution in [2.75, 3.05) is 7.05 Å². The summed E-state index contributed by atoms with van der Waals surface area (Å²) in [5.41, 5.74) is 1.97. The fourth-order valence-electron chi connectivity index (χ4n) is 2.23. The van der Waals surface area contributed by atoms with Crippen LogP contribution in [0.1, 0.15) is 37.5 Å². The van der Waals surface area contributed by atoms with Crippen LogP contribution in [0.5, 0.6) is 0 Å². The summed E-state index contributed by atoms with van der Waals surface area (Å²) in [6.07, 6.45) is 0. The number of carboxylic acid groups (broad SMARTS) is 1. The zero-order chi connectivity index (χ0) is 14.1. The van der Waals surface area contributed by atoms with Crippen LogP contribution in [0.25, 0.3) is 0 Å². The molecule has 0 saturated heterocycles. The van der Waals surface area contributed by atoms with Gasteiger partial charge >= 0.3 is 5.97 Å². The molecule has 0 bridgehead atoms. The van der Waals surface area contributed by atoms with Crippen molar-refractivity contribution in [3.8, 4) is 0 Å². The predicted octanol–water partition coefficient (Wildman–Crippen LogP) is 2.94. The van der Waals surface area contributed by atoms with E-state index in [0.29, 0.717) is 0 Å². The molecule has 1 aromatic rings. The maximum Gasteiger partial charge on any atom is 0.328 e. The largest absolute Gasteiger partial charge is 0.480 e. The van der Waals surface area contributed by atoms with Crippen LogP contribution < -0.4 is 0 Å². The maximum atomic E-state index is 11.8. The van der Waals surface area contributed by atoms with Gasteiger partial charge in [-0.05, 0) is 52.8 Å². The Morgan fingerprint density at radius 3 is 2.33 bits per heavy atom. The summed E-state index contributed by atoms with van der Waals surface area (Å²) in [6, 6.07) is 6.13. The average Bonchev–Trinajstić information content (AvgIpc) is 2.29. The van der Waals surface area contributed by atoms with Crippen LogP contribution in [-0.4, -0.2) is 29.1 Å². The minimum absolute atomic E-state index is 0.158. The van der Waals surface area contributed by atoms with E-state index in [0.717, 1.165) is 16.7 Å². The van der Waals surface area contributed by atoms with E-state index in [1.807, 2.05) is 57.8 Å². The Morgan fingerprint density at radius 2 is 1.89 bits per heavy atom. The first-order valence-electron chi connectivity index (χ1n) is 6.25. The van der Waals surface area contributed by atoms with E-state index < -0.39 is 11.5 Å². The third kappa shape index (κ3) is 2.41. The van der Waals surface area contributed by atoms with Crippen LogP contribution in [0.2, 0.25) is 0 Å². The van der Waals surface area contributed by atoms with E-state index in [4.69, 9.17) is 0 Å². The standard InChI is InChI=1S/C15H23NO2/c1-10(2)16(6)15(5,14(17)18)13-9-11(3)7-8-12(13)4/h7-10H,1-6H3,(H,17,18). The lowest BCUT2D eigenvalue weighted by Crippen LogP contribution is -2.51. The first kappa shape index (κ1) is 14.7. The molecule has 0 aliphatic heterocycles. The number of nitrogens with zero attached hydrogens (tertiary/aromatic N) is 1. The highest BCUT2D eigenvalue weighted by molar-refractivity contribution is 5.81. The van der Waals surface area contributed by atoms with E-state index in [2.05, 4.69) is 0 Å². The molecular formula is C15H23NO2. The molecule has 0 amide bonds. The fourth-order valence-corrected chi connectivity index (χ4v) is 2.23. The van der Waals surface area contributed by atoms with Gasteiger partial charge in [-0.25, -0.2) is 4.79 Å². The fraction of sp³-hybridized carbons (Fsp3) is 0.533. The highest BCUT2D eigenvalue weighted by Gasteiger charge is 2.41. The molecule has 0 aromatic heterocycles. The van der Waals surface area contributed by atoms with Crippen LogP contribution >= 0.6 is 0 Å². The third-order valence-electron chi connectivity index (χ3n) is 3.81. The van der Waals surface area contributed by atoms with Crippen molar-refractivity contribution in [3.63, 3.8) is 0 Å². The minimum Gasteiger partial charge on any atom is -0.480 e. The van der Waals surface area contributed by atoms with Gasteiger partial charge in [0.15, 0.2) is 0 Å². The highest BCUT2D eigenvalue weighted by Crippen LogP contribution is 2.32. The van der Waals surface area contributed by atoms with E-state index in [1.54, 1.807) is 6.92 Å². The number of carbonyl (C=O) groups is 1. The lowest BCUT2D eigenvalue weighted by atomic mass is 9.85. The van der Waals surface area contributed by atoms with Crippen molar-refractivity contribution in [2.24, 2.45) is 0 Å². The van der Waals surface area contributed by atoms with Crippen molar-refractivity contribution in [2.45, 2.75) is 46.2 Å². The first-order chi connectivity index (χ1) is 8.21. The zero-order valence-electron chi connectivity index (χ0n) is 12.1. The highest BCUT2D eigenvalue weighted by atomic mass is 16.4. The Morgan fingerprint density at radius 1 is 1.33 bits per heavy atom. The van der Waals surface area contributed by atoms with Gasteiger partial charge in [-0.1, -0.05) is 23.8 Å². The average molecular weight is 249 g/mol. The summed E-state index contributed by atoms with van der Waals surface area (Å²) in [5, 5.41) is 9.68. The smallest absolute Gasteiger partial charge is 0.328 e. The van der Waals surface area contributed by atoms with Crippen LogP contribution in [0.15, 0.2) is 18.2 Å². The molecule has 1 atom stereocenters. The summed E-state index contributed by atoms with van der Waals surface area (Å²) in [7, 11) is 1.86. The number of carboxylic acids is 1. The van der Waals surface area contributed by atoms with Crippen molar-refractivity contribution < 1.29 is 9.90 Å². The molecule has 18 heavy (non-hydrogen) atoms. The summed E-state index contributed by atoms with van der Waals surface area (Å²) in [5.74, 6) is -0.813. The van der Waals surface area contributed by atoms with Gasteiger partial charge in [0, 0.05) is 6.04 Å². The second-order valence-electron chi connectivity index (χ2n) is 5.40. The lowest BCUT2D eigenvalue weighted by Gasteiger charge is -2.39. The van der Waals surface area contributed by atoms with Crippen LogP contribution in [0.4, 0.5) is 0 Å². The van der Waals surface area contributed by atoms with Crippen molar-refractivity contribution in [1.82, 2.24) is 4.90 Å². The molecule has 100 valence electrons. The summed E-state index contributed by atoms with van der Waals surface area (Å²) in [4.78, 5) is 13.7. The molecule has 0 saturated carbocycles. The van der Waals surface area contributed by atoms with Gasteiger partial charge in [0.2, 0.25) is 0 Å². The minimum atomic E-state index is -0.996. The number of aliphatic carboxylic acids is 1. The Hall–Kier alpha value is -1.35. The summed E-state index contributed by atoms with van der Waals surface area (Å²) >= 11 is 0. The Bertz CT molecular complexity index is 454. The van der Waals surface area contributed by atoms with E-state index in [1.165, 1.54) is 0 Å². The van der Waals surface area contributed by atoms with Crippen molar-refractivity contribution in [1.29, 1.82) is 0 Å². The molecule has 1 unspecified atom stereocenters. The van der Waals surface area contributed by atoms with Gasteiger partial charge in [0.25, 0.3) is 0 Å². The molecule has 0 fully saturated rings. The summed E-state index contributed by atoms with van der Waals surface area (Å²) < 4.78 is 0. The summed E-state index contributed by atoms with van der Waals surface area (Å²) in [6.45, 7) is 9.74. The van der Waals surface area contributed by atoms with Gasteiger partial charge < -0.3 is 5.11 Å². The number of hydrogen-bond acceptors (Lipinski definition) is 2. The van der Waals surface area contributed by atoms with E-state index in [9.17, 15) is 9.90 Å². The molecule has 1 rings (SSSR count). The molecular weight excluding hydrogens is 226 g/mol. The number of aryl methyl sites for hydroxylation is 2. The first-order valence-corrected chi connectivity index (χ1v) is 6.25. The predicted molar refractivity (Wildman–Crippen MR) is 73.8 cm³/mol. The topological polar surface area (TPSA) is 40.5 Å². The van der Waals surface area contributed by atoms with Gasteiger partial charge in [0.1, 0.15) is 5.54 Å². The number of hydrogen-bond donors (Lipinski definition) is 1. The number of rotatable bonds is 4. The second kappa shape index (κ2) is 5.11. The van der Waals surface area contributed by atoms with Crippen LogP contribution in [0.3, 0.4) is 0 Å². The van der Waals surface area contributed by atoms with Gasteiger partial charge in [-0.2, -0.15) is 0 Å². The lowest BCUT2D eigenvalue weighted by molar-refractivity contribution is -0.151. The van der Waals surface area contributed by atoms with E-state index in [-0.39, 0.29) is 6.04 Å². The Labute approximate surface area is 109 Å². The van der Waals surface area contributed by atoms with Crippen LogP contribution in [-0.2, 0) is 10.3 Å². The molecule has 0 aliphatic rings.